The Bertz CT molecular complexity index is 344. The fraction of sp³-hybridized carbons (Fsp3) is 0.222. The highest BCUT2D eigenvalue weighted by molar-refractivity contribution is 5.91. The summed E-state index contributed by atoms with van der Waals surface area (Å²) < 4.78 is 5.23. The van der Waals surface area contributed by atoms with Gasteiger partial charge in [0.25, 0.3) is 0 Å². The molecule has 3 nitrogen and oxygen atoms in total. The molecule has 0 unspecified atom stereocenters. The van der Waals surface area contributed by atoms with Gasteiger partial charge in [-0.1, -0.05) is 12.1 Å². The van der Waals surface area contributed by atoms with Crippen LogP contribution < -0.4 is 9.22 Å². The normalized spacial score (nSPS) is 18.7. The Hall–Kier alpha value is -1.35. The number of carbonyl (C=O) groups excluding carboxylic acids is 1. The summed E-state index contributed by atoms with van der Waals surface area (Å²) in [5.41, 5.74) is 0.919. The van der Waals surface area contributed by atoms with Gasteiger partial charge in [0, 0.05) is 6.07 Å². The van der Waals surface area contributed by atoms with Gasteiger partial charge in [-0.15, -0.1) is 0 Å². The number of amides is 1. The van der Waals surface area contributed by atoms with E-state index in [-0.39, 0.29) is 10.6 Å². The van der Waals surface area contributed by atoms with Gasteiger partial charge in [-0.2, -0.15) is 9.28 Å². The molecule has 0 spiro atoms. The second-order valence-corrected chi connectivity index (χ2v) is 3.29. The smallest absolute Gasteiger partial charge is 0.374 e. The van der Waals surface area contributed by atoms with Crippen molar-refractivity contribution in [2.24, 2.45) is 0 Å². The van der Waals surface area contributed by atoms with Gasteiger partial charge in [0.15, 0.2) is 11.4 Å². The molecule has 1 aromatic carbocycles. The molecule has 0 N–H and O–H groups in total. The third-order valence-corrected chi connectivity index (χ3v) is 2.12. The molecule has 62 valence electrons. The van der Waals surface area contributed by atoms with Gasteiger partial charge in [0.05, 0.1) is 14.1 Å². The zero-order valence-corrected chi connectivity index (χ0v) is 7.07. The number of fused-ring (bicyclic) bond motifs is 1. The van der Waals surface area contributed by atoms with Gasteiger partial charge in [0.1, 0.15) is 0 Å². The maximum Gasteiger partial charge on any atom is 0.526 e. The van der Waals surface area contributed by atoms with Crippen molar-refractivity contribution in [2.45, 2.75) is 0 Å². The van der Waals surface area contributed by atoms with Crippen LogP contribution in [0.1, 0.15) is 0 Å². The Labute approximate surface area is 70.8 Å². The quantitative estimate of drug-likeness (QED) is 0.546. The average Bonchev–Trinajstić information content (AvgIpc) is 2.25. The van der Waals surface area contributed by atoms with Crippen LogP contribution in [0.4, 0.5) is 10.5 Å². The summed E-state index contributed by atoms with van der Waals surface area (Å²) in [6.07, 6.45) is -0.226. The Morgan fingerprint density at radius 2 is 1.92 bits per heavy atom. The number of quaternary nitrogens is 1. The maximum atomic E-state index is 11.3. The lowest BCUT2D eigenvalue weighted by Gasteiger charge is -2.15. The molecule has 1 aliphatic rings. The molecule has 0 radical (unpaired) electrons. The molecule has 0 atom stereocenters. The highest BCUT2D eigenvalue weighted by Gasteiger charge is 2.41. The molecule has 12 heavy (non-hydrogen) atoms. The number of rotatable bonds is 0. The summed E-state index contributed by atoms with van der Waals surface area (Å²) in [5.74, 6) is 0.674. The minimum atomic E-state index is -0.226. The Kier molecular flexibility index (Phi) is 1.26. The predicted octanol–water partition coefficient (Wildman–Crippen LogP) is 1.77. The Morgan fingerprint density at radius 1 is 1.25 bits per heavy atom. The minimum absolute atomic E-state index is 0.177. The van der Waals surface area contributed by atoms with Crippen molar-refractivity contribution < 1.29 is 9.53 Å². The predicted molar refractivity (Wildman–Crippen MR) is 46.1 cm³/mol. The van der Waals surface area contributed by atoms with Gasteiger partial charge >= 0.3 is 6.09 Å². The van der Waals surface area contributed by atoms with E-state index >= 15 is 0 Å². The molecule has 1 aliphatic heterocycles. The summed E-state index contributed by atoms with van der Waals surface area (Å²) in [6, 6.07) is 7.47. The van der Waals surface area contributed by atoms with E-state index < -0.39 is 0 Å². The topological polar surface area (TPSA) is 26.3 Å². The van der Waals surface area contributed by atoms with Crippen LogP contribution in [0, 0.1) is 0 Å². The van der Waals surface area contributed by atoms with Crippen LogP contribution in [0.5, 0.6) is 5.75 Å². The molecule has 2 rings (SSSR count). The van der Waals surface area contributed by atoms with E-state index in [4.69, 9.17) is 4.74 Å². The Balaban J connectivity index is 2.63. The third kappa shape index (κ3) is 0.769. The molecule has 0 fully saturated rings. The van der Waals surface area contributed by atoms with Gasteiger partial charge < -0.3 is 4.74 Å². The molecule has 1 heterocycles. The summed E-state index contributed by atoms with van der Waals surface area (Å²) >= 11 is 0. The van der Waals surface area contributed by atoms with Crippen LogP contribution in [0.15, 0.2) is 24.3 Å². The number of carbonyl (C=O) groups is 1. The van der Waals surface area contributed by atoms with Crippen molar-refractivity contribution in [2.75, 3.05) is 14.1 Å². The fourth-order valence-electron chi connectivity index (χ4n) is 1.31. The molecule has 0 saturated carbocycles. The first kappa shape index (κ1) is 7.31. The lowest BCUT2D eigenvalue weighted by molar-refractivity contribution is 0.185. The number of ether oxygens (including phenoxy) is 1. The fourth-order valence-corrected chi connectivity index (χ4v) is 1.31. The highest BCUT2D eigenvalue weighted by Crippen LogP contribution is 2.37. The van der Waals surface area contributed by atoms with Gasteiger partial charge in [0.2, 0.25) is 0 Å². The average molecular weight is 164 g/mol. The van der Waals surface area contributed by atoms with Crippen LogP contribution in [-0.2, 0) is 0 Å². The van der Waals surface area contributed by atoms with Crippen LogP contribution in [0.2, 0.25) is 0 Å². The van der Waals surface area contributed by atoms with E-state index in [1.54, 1.807) is 6.07 Å². The first-order chi connectivity index (χ1) is 5.62. The van der Waals surface area contributed by atoms with Crippen LogP contribution in [0.25, 0.3) is 0 Å². The van der Waals surface area contributed by atoms with Crippen molar-refractivity contribution in [3.8, 4) is 5.75 Å². The van der Waals surface area contributed by atoms with E-state index in [0.29, 0.717) is 5.75 Å². The number of benzene rings is 1. The number of hydrogen-bond acceptors (Lipinski definition) is 2. The second kappa shape index (κ2) is 2.08. The summed E-state index contributed by atoms with van der Waals surface area (Å²) in [6.45, 7) is 0. The molecule has 3 heteroatoms. The summed E-state index contributed by atoms with van der Waals surface area (Å²) in [4.78, 5) is 11.3. The molecule has 0 aliphatic carbocycles. The van der Waals surface area contributed by atoms with Crippen LogP contribution in [-0.4, -0.2) is 20.2 Å². The van der Waals surface area contributed by atoms with Crippen molar-refractivity contribution in [3.63, 3.8) is 0 Å². The number of nitrogens with zero attached hydrogens (tertiary/aromatic N) is 1. The van der Waals surface area contributed by atoms with Crippen LogP contribution >= 0.6 is 0 Å². The third-order valence-electron chi connectivity index (χ3n) is 2.12. The monoisotopic (exact) mass is 164 g/mol. The molecular formula is C9H10NO2+. The molecule has 1 amide bonds. The molecular weight excluding hydrogens is 154 g/mol. The van der Waals surface area contributed by atoms with E-state index in [1.807, 2.05) is 32.3 Å². The molecule has 0 bridgehead atoms. The number of hydrogen-bond donors (Lipinski definition) is 0. The lowest BCUT2D eigenvalue weighted by atomic mass is 10.3. The van der Waals surface area contributed by atoms with Gasteiger partial charge in [-0.05, 0) is 6.07 Å². The zero-order chi connectivity index (χ0) is 8.77. The first-order valence-electron chi connectivity index (χ1n) is 3.78. The maximum absolute atomic E-state index is 11.3. The number of para-hydroxylation sites is 2. The lowest BCUT2D eigenvalue weighted by Crippen LogP contribution is -2.43. The highest BCUT2D eigenvalue weighted by atomic mass is 16.6. The van der Waals surface area contributed by atoms with Crippen molar-refractivity contribution in [1.29, 1.82) is 0 Å². The SMILES string of the molecule is C[N+]1(C)C(=O)Oc2ccccc21. The second-order valence-electron chi connectivity index (χ2n) is 3.29. The largest absolute Gasteiger partial charge is 0.526 e. The molecule has 0 saturated heterocycles. The van der Waals surface area contributed by atoms with E-state index in [2.05, 4.69) is 0 Å². The van der Waals surface area contributed by atoms with E-state index in [9.17, 15) is 4.79 Å². The zero-order valence-electron chi connectivity index (χ0n) is 7.07. The molecule has 0 aromatic heterocycles. The van der Waals surface area contributed by atoms with Crippen molar-refractivity contribution in [1.82, 2.24) is 4.48 Å². The minimum Gasteiger partial charge on any atom is -0.374 e. The van der Waals surface area contributed by atoms with Crippen molar-refractivity contribution >= 4 is 11.8 Å². The Morgan fingerprint density at radius 3 is 2.58 bits per heavy atom. The molecule has 1 aromatic rings. The summed E-state index contributed by atoms with van der Waals surface area (Å²) in [7, 11) is 3.63. The van der Waals surface area contributed by atoms with E-state index in [1.165, 1.54) is 0 Å². The van der Waals surface area contributed by atoms with Gasteiger partial charge in [-0.25, -0.2) is 0 Å². The van der Waals surface area contributed by atoms with Crippen molar-refractivity contribution in [3.05, 3.63) is 24.3 Å². The van der Waals surface area contributed by atoms with Crippen LogP contribution in [0.3, 0.4) is 0 Å². The summed E-state index contributed by atoms with van der Waals surface area (Å²) in [5, 5.41) is 0. The van der Waals surface area contributed by atoms with E-state index in [0.717, 1.165) is 5.69 Å². The standard InChI is InChI=1S/C9H10NO2/c1-10(2)7-5-3-4-6-8(7)12-9(10)11/h3-6H,1-2H3/q+1. The first-order valence-corrected chi connectivity index (χ1v) is 3.78. The van der Waals surface area contributed by atoms with Gasteiger partial charge in [-0.3, -0.25) is 0 Å².